The number of carbonyl (C=O) groups excluding carboxylic acids is 1. The van der Waals surface area contributed by atoms with Gasteiger partial charge >= 0.3 is 0 Å². The molecule has 1 aliphatic heterocycles. The first kappa shape index (κ1) is 13.7. The molecule has 1 atom stereocenters. The van der Waals surface area contributed by atoms with Gasteiger partial charge in [0.05, 0.1) is 6.04 Å². The van der Waals surface area contributed by atoms with Gasteiger partial charge in [-0.2, -0.15) is 0 Å². The van der Waals surface area contributed by atoms with Crippen LogP contribution in [0.25, 0.3) is 0 Å². The highest BCUT2D eigenvalue weighted by atomic mass is 16.3. The molecular weight excluding hydrogens is 268 g/mol. The van der Waals surface area contributed by atoms with E-state index in [9.17, 15) is 4.79 Å². The SMILES string of the molecule is Cc1cc(C)nc([C@H]2CCCN2C(=O)c2coc(C)n2)n1. The topological polar surface area (TPSA) is 72.1 Å². The van der Waals surface area contributed by atoms with Gasteiger partial charge in [0.2, 0.25) is 0 Å². The Morgan fingerprint density at radius 3 is 2.57 bits per heavy atom. The smallest absolute Gasteiger partial charge is 0.276 e. The fraction of sp³-hybridized carbons (Fsp3) is 0.467. The van der Waals surface area contributed by atoms with Gasteiger partial charge in [0.1, 0.15) is 6.26 Å². The number of likely N-dealkylation sites (tertiary alicyclic amines) is 1. The van der Waals surface area contributed by atoms with Crippen LogP contribution in [0.4, 0.5) is 0 Å². The van der Waals surface area contributed by atoms with E-state index in [1.54, 1.807) is 11.8 Å². The van der Waals surface area contributed by atoms with Gasteiger partial charge in [-0.15, -0.1) is 0 Å². The predicted octanol–water partition coefficient (Wildman–Crippen LogP) is 2.37. The summed E-state index contributed by atoms with van der Waals surface area (Å²) in [6.07, 6.45) is 3.24. The van der Waals surface area contributed by atoms with E-state index >= 15 is 0 Å². The molecule has 110 valence electrons. The zero-order valence-electron chi connectivity index (χ0n) is 12.5. The van der Waals surface area contributed by atoms with Gasteiger partial charge < -0.3 is 9.32 Å². The van der Waals surface area contributed by atoms with Crippen LogP contribution in [0.3, 0.4) is 0 Å². The standard InChI is InChI=1S/C15H18N4O2/c1-9-7-10(2)17-14(16-9)13-5-4-6-19(13)15(20)12-8-21-11(3)18-12/h7-8,13H,4-6H2,1-3H3/t13-/m1/s1. The zero-order chi connectivity index (χ0) is 15.0. The molecule has 0 bridgehead atoms. The van der Waals surface area contributed by atoms with E-state index in [0.29, 0.717) is 18.1 Å². The Bertz CT molecular complexity index is 660. The third-order valence-corrected chi connectivity index (χ3v) is 3.65. The van der Waals surface area contributed by atoms with Gasteiger partial charge in [0.25, 0.3) is 5.91 Å². The highest BCUT2D eigenvalue weighted by Crippen LogP contribution is 2.31. The molecule has 21 heavy (non-hydrogen) atoms. The van der Waals surface area contributed by atoms with Crippen LogP contribution < -0.4 is 0 Å². The zero-order valence-corrected chi connectivity index (χ0v) is 12.5. The molecule has 1 saturated heterocycles. The Labute approximate surface area is 123 Å². The lowest BCUT2D eigenvalue weighted by Gasteiger charge is -2.23. The number of hydrogen-bond donors (Lipinski definition) is 0. The summed E-state index contributed by atoms with van der Waals surface area (Å²) in [7, 11) is 0. The first-order valence-corrected chi connectivity index (χ1v) is 7.10. The van der Waals surface area contributed by atoms with Gasteiger partial charge in [0.15, 0.2) is 17.4 Å². The second-order valence-electron chi connectivity index (χ2n) is 5.42. The van der Waals surface area contributed by atoms with Gasteiger partial charge in [-0.05, 0) is 32.8 Å². The van der Waals surface area contributed by atoms with Crippen LogP contribution in [0.1, 0.15) is 52.5 Å². The molecule has 0 N–H and O–H groups in total. The molecule has 6 heteroatoms. The average molecular weight is 286 g/mol. The van der Waals surface area contributed by atoms with E-state index in [1.807, 2.05) is 19.9 Å². The van der Waals surface area contributed by atoms with Crippen molar-refractivity contribution >= 4 is 5.91 Å². The summed E-state index contributed by atoms with van der Waals surface area (Å²) in [4.78, 5) is 27.5. The van der Waals surface area contributed by atoms with Crippen molar-refractivity contribution in [2.24, 2.45) is 0 Å². The second-order valence-corrected chi connectivity index (χ2v) is 5.42. The van der Waals surface area contributed by atoms with Gasteiger partial charge in [-0.25, -0.2) is 15.0 Å². The maximum absolute atomic E-state index is 12.6. The first-order chi connectivity index (χ1) is 10.0. The number of carbonyl (C=O) groups is 1. The first-order valence-electron chi connectivity index (χ1n) is 7.10. The Balaban J connectivity index is 1.90. The van der Waals surface area contributed by atoms with Crippen LogP contribution in [0.2, 0.25) is 0 Å². The number of nitrogens with zero attached hydrogens (tertiary/aromatic N) is 4. The molecule has 0 spiro atoms. The van der Waals surface area contributed by atoms with Crippen molar-refractivity contribution in [2.75, 3.05) is 6.54 Å². The van der Waals surface area contributed by atoms with Crippen LogP contribution in [-0.4, -0.2) is 32.3 Å². The minimum absolute atomic E-state index is 0.0758. The molecule has 3 rings (SSSR count). The van der Waals surface area contributed by atoms with Gasteiger partial charge in [-0.1, -0.05) is 0 Å². The minimum atomic E-state index is -0.114. The highest BCUT2D eigenvalue weighted by molar-refractivity contribution is 5.92. The van der Waals surface area contributed by atoms with Crippen molar-refractivity contribution in [3.8, 4) is 0 Å². The predicted molar refractivity (Wildman–Crippen MR) is 75.8 cm³/mol. The lowest BCUT2D eigenvalue weighted by molar-refractivity contribution is 0.0723. The van der Waals surface area contributed by atoms with Crippen molar-refractivity contribution in [1.29, 1.82) is 0 Å². The van der Waals surface area contributed by atoms with Crippen molar-refractivity contribution in [2.45, 2.75) is 39.7 Å². The Morgan fingerprint density at radius 2 is 1.95 bits per heavy atom. The van der Waals surface area contributed by atoms with Crippen molar-refractivity contribution in [1.82, 2.24) is 19.9 Å². The third kappa shape index (κ3) is 2.66. The molecule has 1 fully saturated rings. The second kappa shape index (κ2) is 5.27. The Hall–Kier alpha value is -2.24. The molecule has 2 aromatic rings. The van der Waals surface area contributed by atoms with E-state index in [4.69, 9.17) is 4.42 Å². The summed E-state index contributed by atoms with van der Waals surface area (Å²) in [5.74, 6) is 1.10. The molecule has 0 radical (unpaired) electrons. The summed E-state index contributed by atoms with van der Waals surface area (Å²) in [5.41, 5.74) is 2.20. The number of aromatic nitrogens is 3. The van der Waals surface area contributed by atoms with E-state index in [0.717, 1.165) is 30.1 Å². The summed E-state index contributed by atoms with van der Waals surface area (Å²) in [6, 6.07) is 1.86. The summed E-state index contributed by atoms with van der Waals surface area (Å²) >= 11 is 0. The molecule has 0 saturated carbocycles. The fourth-order valence-corrected chi connectivity index (χ4v) is 2.79. The van der Waals surface area contributed by atoms with Crippen LogP contribution >= 0.6 is 0 Å². The summed E-state index contributed by atoms with van der Waals surface area (Å²) in [5, 5.41) is 0. The van der Waals surface area contributed by atoms with E-state index in [-0.39, 0.29) is 11.9 Å². The summed E-state index contributed by atoms with van der Waals surface area (Å²) in [6.45, 7) is 6.32. The molecule has 1 aliphatic rings. The van der Waals surface area contributed by atoms with Crippen molar-refractivity contribution < 1.29 is 9.21 Å². The number of amides is 1. The lowest BCUT2D eigenvalue weighted by atomic mass is 10.2. The Kier molecular flexibility index (Phi) is 3.45. The molecule has 0 aromatic carbocycles. The minimum Gasteiger partial charge on any atom is -0.448 e. The molecule has 0 unspecified atom stereocenters. The van der Waals surface area contributed by atoms with E-state index in [1.165, 1.54) is 6.26 Å². The van der Waals surface area contributed by atoms with E-state index < -0.39 is 0 Å². The van der Waals surface area contributed by atoms with Crippen LogP contribution in [0, 0.1) is 20.8 Å². The number of hydrogen-bond acceptors (Lipinski definition) is 5. The molecule has 0 aliphatic carbocycles. The quantitative estimate of drug-likeness (QED) is 0.847. The third-order valence-electron chi connectivity index (χ3n) is 3.65. The van der Waals surface area contributed by atoms with E-state index in [2.05, 4.69) is 15.0 Å². The number of aryl methyl sites for hydroxylation is 3. The highest BCUT2D eigenvalue weighted by Gasteiger charge is 2.33. The lowest BCUT2D eigenvalue weighted by Crippen LogP contribution is -2.32. The molecule has 3 heterocycles. The number of oxazole rings is 1. The maximum Gasteiger partial charge on any atom is 0.276 e. The molecule has 6 nitrogen and oxygen atoms in total. The average Bonchev–Trinajstić information content (AvgIpc) is 3.05. The number of rotatable bonds is 2. The monoisotopic (exact) mass is 286 g/mol. The fourth-order valence-electron chi connectivity index (χ4n) is 2.79. The largest absolute Gasteiger partial charge is 0.448 e. The van der Waals surface area contributed by atoms with Crippen LogP contribution in [-0.2, 0) is 0 Å². The Morgan fingerprint density at radius 1 is 1.24 bits per heavy atom. The van der Waals surface area contributed by atoms with Crippen molar-refractivity contribution in [3.63, 3.8) is 0 Å². The van der Waals surface area contributed by atoms with Crippen LogP contribution in [0.5, 0.6) is 0 Å². The van der Waals surface area contributed by atoms with Crippen LogP contribution in [0.15, 0.2) is 16.7 Å². The van der Waals surface area contributed by atoms with Gasteiger partial charge in [0, 0.05) is 24.9 Å². The van der Waals surface area contributed by atoms with Crippen molar-refractivity contribution in [3.05, 3.63) is 41.1 Å². The molecule has 1 amide bonds. The van der Waals surface area contributed by atoms with Gasteiger partial charge in [-0.3, -0.25) is 4.79 Å². The summed E-state index contributed by atoms with van der Waals surface area (Å²) < 4.78 is 5.13. The maximum atomic E-state index is 12.6. The molecular formula is C15H18N4O2. The molecule has 2 aromatic heterocycles. The normalized spacial score (nSPS) is 18.2.